The van der Waals surface area contributed by atoms with Gasteiger partial charge in [0.15, 0.2) is 11.5 Å². The molecule has 0 amide bonds. The molecule has 0 unspecified atom stereocenters. The number of ether oxygens (including phenoxy) is 3. The van der Waals surface area contributed by atoms with Gasteiger partial charge in [0.1, 0.15) is 10.7 Å². The van der Waals surface area contributed by atoms with E-state index in [1.807, 2.05) is 0 Å². The Morgan fingerprint density at radius 1 is 1.19 bits per heavy atom. The number of aliphatic hydroxyl groups excluding tert-OH is 1. The Morgan fingerprint density at radius 3 is 2.38 bits per heavy atom. The number of halogens is 1. The van der Waals surface area contributed by atoms with Crippen molar-refractivity contribution >= 4 is 10.0 Å². The predicted octanol–water partition coefficient (Wildman–Crippen LogP) is 0.130. The summed E-state index contributed by atoms with van der Waals surface area (Å²) in [5.41, 5.74) is 0. The molecule has 0 heterocycles. The first-order chi connectivity index (χ1) is 9.96. The highest BCUT2D eigenvalue weighted by Crippen LogP contribution is 2.31. The Kier molecular flexibility index (Phi) is 6.82. The van der Waals surface area contributed by atoms with Crippen LogP contribution in [0.15, 0.2) is 17.0 Å². The van der Waals surface area contributed by atoms with Crippen LogP contribution in [0, 0.1) is 5.82 Å². The Labute approximate surface area is 122 Å². The highest BCUT2D eigenvalue weighted by atomic mass is 32.2. The summed E-state index contributed by atoms with van der Waals surface area (Å²) in [6, 6.07) is 1.99. The Hall–Kier alpha value is -1.42. The number of sulfonamides is 1. The number of aliphatic hydroxyl groups is 1. The van der Waals surface area contributed by atoms with Crippen LogP contribution in [-0.4, -0.2) is 54.1 Å². The summed E-state index contributed by atoms with van der Waals surface area (Å²) in [4.78, 5) is -0.540. The highest BCUT2D eigenvalue weighted by molar-refractivity contribution is 7.89. The van der Waals surface area contributed by atoms with Gasteiger partial charge in [0.05, 0.1) is 34.0 Å². The van der Waals surface area contributed by atoms with Gasteiger partial charge in [-0.15, -0.1) is 0 Å². The van der Waals surface area contributed by atoms with Crippen molar-refractivity contribution in [2.24, 2.45) is 0 Å². The Balaban J connectivity index is 2.87. The molecule has 0 saturated carbocycles. The number of hydrogen-bond donors (Lipinski definition) is 2. The van der Waals surface area contributed by atoms with Crippen LogP contribution in [0.4, 0.5) is 4.39 Å². The van der Waals surface area contributed by atoms with Gasteiger partial charge in [0.25, 0.3) is 0 Å². The van der Waals surface area contributed by atoms with E-state index < -0.39 is 20.7 Å². The molecular formula is C12H18FNO6S. The maximum atomic E-state index is 13.9. The van der Waals surface area contributed by atoms with E-state index in [0.717, 1.165) is 12.1 Å². The summed E-state index contributed by atoms with van der Waals surface area (Å²) in [6.45, 7) is -0.0334. The quantitative estimate of drug-likeness (QED) is 0.628. The van der Waals surface area contributed by atoms with Crippen molar-refractivity contribution in [1.82, 2.24) is 4.72 Å². The van der Waals surface area contributed by atoms with Gasteiger partial charge in [-0.3, -0.25) is 0 Å². The van der Waals surface area contributed by atoms with Crippen LogP contribution in [0.5, 0.6) is 11.5 Å². The van der Waals surface area contributed by atoms with Crippen molar-refractivity contribution in [3.05, 3.63) is 17.9 Å². The van der Waals surface area contributed by atoms with Crippen LogP contribution in [0.3, 0.4) is 0 Å². The van der Waals surface area contributed by atoms with Gasteiger partial charge in [0.2, 0.25) is 10.0 Å². The third kappa shape index (κ3) is 4.81. The van der Waals surface area contributed by atoms with Crippen LogP contribution < -0.4 is 14.2 Å². The summed E-state index contributed by atoms with van der Waals surface area (Å²) in [7, 11) is -1.40. The molecule has 0 saturated heterocycles. The van der Waals surface area contributed by atoms with E-state index in [9.17, 15) is 12.8 Å². The second-order valence-corrected chi connectivity index (χ2v) is 5.61. The molecule has 21 heavy (non-hydrogen) atoms. The minimum Gasteiger partial charge on any atom is -0.493 e. The van der Waals surface area contributed by atoms with Gasteiger partial charge >= 0.3 is 0 Å². The fourth-order valence-corrected chi connectivity index (χ4v) is 2.62. The molecule has 0 aliphatic carbocycles. The normalized spacial score (nSPS) is 11.4. The van der Waals surface area contributed by atoms with Gasteiger partial charge < -0.3 is 19.3 Å². The van der Waals surface area contributed by atoms with Crippen molar-refractivity contribution in [1.29, 1.82) is 0 Å². The topological polar surface area (TPSA) is 94.1 Å². The average Bonchev–Trinajstić information content (AvgIpc) is 2.46. The molecule has 2 N–H and O–H groups in total. The Bertz CT molecular complexity index is 563. The molecule has 0 aliphatic rings. The molecule has 1 rings (SSSR count). The molecule has 0 atom stereocenters. The highest BCUT2D eigenvalue weighted by Gasteiger charge is 2.22. The lowest BCUT2D eigenvalue weighted by molar-refractivity contribution is 0.0961. The van der Waals surface area contributed by atoms with Crippen LogP contribution >= 0.6 is 0 Å². The van der Waals surface area contributed by atoms with E-state index >= 15 is 0 Å². The summed E-state index contributed by atoms with van der Waals surface area (Å²) >= 11 is 0. The van der Waals surface area contributed by atoms with E-state index in [4.69, 9.17) is 19.3 Å². The average molecular weight is 323 g/mol. The lowest BCUT2D eigenvalue weighted by Crippen LogP contribution is -2.28. The van der Waals surface area contributed by atoms with E-state index in [-0.39, 0.29) is 37.9 Å². The SMILES string of the molecule is COc1cc(F)c(S(=O)(=O)NCCOCCO)cc1OC. The minimum atomic E-state index is -4.04. The third-order valence-corrected chi connectivity index (χ3v) is 3.98. The van der Waals surface area contributed by atoms with Crippen LogP contribution in [0.1, 0.15) is 0 Å². The molecule has 1 aromatic carbocycles. The second-order valence-electron chi connectivity index (χ2n) is 3.87. The molecular weight excluding hydrogens is 305 g/mol. The first-order valence-electron chi connectivity index (χ1n) is 6.06. The largest absolute Gasteiger partial charge is 0.493 e. The zero-order valence-corrected chi connectivity index (χ0v) is 12.6. The standard InChI is InChI=1S/C12H18FNO6S/c1-18-10-7-9(13)12(8-11(10)19-2)21(16,17)14-3-5-20-6-4-15/h7-8,14-15H,3-6H2,1-2H3. The number of methoxy groups -OCH3 is 2. The summed E-state index contributed by atoms with van der Waals surface area (Å²) in [5.74, 6) is -0.743. The molecule has 120 valence electrons. The monoisotopic (exact) mass is 323 g/mol. The minimum absolute atomic E-state index is 0.0455. The van der Waals surface area contributed by atoms with Crippen LogP contribution in [0.2, 0.25) is 0 Å². The maximum absolute atomic E-state index is 13.9. The predicted molar refractivity (Wildman–Crippen MR) is 72.6 cm³/mol. The molecule has 1 aromatic rings. The van der Waals surface area contributed by atoms with E-state index in [2.05, 4.69) is 4.72 Å². The first-order valence-corrected chi connectivity index (χ1v) is 7.54. The van der Waals surface area contributed by atoms with Gasteiger partial charge in [-0.25, -0.2) is 17.5 Å². The van der Waals surface area contributed by atoms with Crippen LogP contribution in [0.25, 0.3) is 0 Å². The van der Waals surface area contributed by atoms with Crippen LogP contribution in [-0.2, 0) is 14.8 Å². The molecule has 0 radical (unpaired) electrons. The fourth-order valence-electron chi connectivity index (χ4n) is 1.53. The number of benzene rings is 1. The van der Waals surface area contributed by atoms with Crippen molar-refractivity contribution in [2.75, 3.05) is 40.6 Å². The Morgan fingerprint density at radius 2 is 1.81 bits per heavy atom. The number of rotatable bonds is 9. The molecule has 9 heteroatoms. The number of nitrogens with one attached hydrogen (secondary N) is 1. The third-order valence-electron chi connectivity index (χ3n) is 2.50. The fraction of sp³-hybridized carbons (Fsp3) is 0.500. The van der Waals surface area contributed by atoms with E-state index in [1.54, 1.807) is 0 Å². The van der Waals surface area contributed by atoms with Gasteiger partial charge in [0, 0.05) is 18.7 Å². The first kappa shape index (κ1) is 17.6. The van der Waals surface area contributed by atoms with Gasteiger partial charge in [-0.1, -0.05) is 0 Å². The summed E-state index contributed by atoms with van der Waals surface area (Å²) < 4.78 is 54.8. The zero-order valence-electron chi connectivity index (χ0n) is 11.8. The lowest BCUT2D eigenvalue weighted by Gasteiger charge is -2.12. The summed E-state index contributed by atoms with van der Waals surface area (Å²) in [5, 5.41) is 8.51. The number of hydrogen-bond acceptors (Lipinski definition) is 6. The molecule has 0 aromatic heterocycles. The smallest absolute Gasteiger partial charge is 0.243 e. The molecule has 0 aliphatic heterocycles. The summed E-state index contributed by atoms with van der Waals surface area (Å²) in [6.07, 6.45) is 0. The molecule has 0 spiro atoms. The maximum Gasteiger partial charge on any atom is 0.243 e. The zero-order chi connectivity index (χ0) is 15.9. The van der Waals surface area contributed by atoms with Crippen molar-refractivity contribution in [2.45, 2.75) is 4.90 Å². The van der Waals surface area contributed by atoms with Crippen molar-refractivity contribution in [3.8, 4) is 11.5 Å². The second kappa shape index (κ2) is 8.13. The van der Waals surface area contributed by atoms with E-state index in [0.29, 0.717) is 0 Å². The molecule has 7 nitrogen and oxygen atoms in total. The molecule has 0 bridgehead atoms. The van der Waals surface area contributed by atoms with Gasteiger partial charge in [-0.2, -0.15) is 0 Å². The van der Waals surface area contributed by atoms with Crippen molar-refractivity contribution in [3.63, 3.8) is 0 Å². The van der Waals surface area contributed by atoms with E-state index in [1.165, 1.54) is 14.2 Å². The molecule has 0 fully saturated rings. The van der Waals surface area contributed by atoms with Gasteiger partial charge in [-0.05, 0) is 0 Å². The van der Waals surface area contributed by atoms with Crippen molar-refractivity contribution < 1.29 is 32.1 Å². The lowest BCUT2D eigenvalue weighted by atomic mass is 10.3.